The number of aromatic nitrogens is 5. The number of hydrogen-bond acceptors (Lipinski definition) is 5. The minimum atomic E-state index is -4.47. The van der Waals surface area contributed by atoms with Gasteiger partial charge in [-0.1, -0.05) is 0 Å². The highest BCUT2D eigenvalue weighted by atomic mass is 19.4. The average molecular weight is 284 g/mol. The van der Waals surface area contributed by atoms with Crippen LogP contribution in [0.15, 0.2) is 12.1 Å². The minimum absolute atomic E-state index is 0.272. The second-order valence-electron chi connectivity index (χ2n) is 4.44. The van der Waals surface area contributed by atoms with Crippen molar-refractivity contribution in [2.75, 3.05) is 5.32 Å². The lowest BCUT2D eigenvalue weighted by molar-refractivity contribution is -0.141. The van der Waals surface area contributed by atoms with Crippen molar-refractivity contribution >= 4 is 5.82 Å². The number of halogens is 3. The molecule has 1 aliphatic rings. The number of alkyl halides is 3. The van der Waals surface area contributed by atoms with Crippen LogP contribution < -0.4 is 5.32 Å². The van der Waals surface area contributed by atoms with Gasteiger partial charge >= 0.3 is 6.18 Å². The standard InChI is InChI=1S/C11H11F3N6/c12-11(13,14)7-3-4-8(17-16-7)15-6-10-19-18-9-2-1-5-20(9)10/h3-4H,1-2,5-6H2,(H,15,17). The quantitative estimate of drug-likeness (QED) is 0.928. The molecule has 0 fully saturated rings. The minimum Gasteiger partial charge on any atom is -0.361 e. The molecule has 0 saturated carbocycles. The predicted molar refractivity (Wildman–Crippen MR) is 62.7 cm³/mol. The van der Waals surface area contributed by atoms with Crippen LogP contribution in [0, 0.1) is 0 Å². The smallest absolute Gasteiger partial charge is 0.361 e. The second kappa shape index (κ2) is 4.73. The van der Waals surface area contributed by atoms with Crippen LogP contribution in [0.5, 0.6) is 0 Å². The van der Waals surface area contributed by atoms with Crippen LogP contribution in [0.2, 0.25) is 0 Å². The fourth-order valence-electron chi connectivity index (χ4n) is 2.09. The van der Waals surface area contributed by atoms with Crippen LogP contribution in [-0.2, 0) is 25.7 Å². The highest BCUT2D eigenvalue weighted by molar-refractivity contribution is 5.33. The predicted octanol–water partition coefficient (Wildman–Crippen LogP) is 1.65. The second-order valence-corrected chi connectivity index (χ2v) is 4.44. The Hall–Kier alpha value is -2.19. The van der Waals surface area contributed by atoms with Gasteiger partial charge in [0, 0.05) is 13.0 Å². The number of nitrogens with one attached hydrogen (secondary N) is 1. The molecule has 9 heteroatoms. The summed E-state index contributed by atoms with van der Waals surface area (Å²) in [6, 6.07) is 2.14. The topological polar surface area (TPSA) is 68.5 Å². The van der Waals surface area contributed by atoms with E-state index in [1.54, 1.807) is 0 Å². The molecule has 0 saturated heterocycles. The largest absolute Gasteiger partial charge is 0.435 e. The number of anilines is 1. The third-order valence-corrected chi connectivity index (χ3v) is 3.07. The summed E-state index contributed by atoms with van der Waals surface area (Å²) in [4.78, 5) is 0. The zero-order valence-electron chi connectivity index (χ0n) is 10.4. The highest BCUT2D eigenvalue weighted by Gasteiger charge is 2.32. The van der Waals surface area contributed by atoms with Gasteiger partial charge < -0.3 is 9.88 Å². The molecule has 0 radical (unpaired) electrons. The number of fused-ring (bicyclic) bond motifs is 1. The Morgan fingerprint density at radius 1 is 1.15 bits per heavy atom. The first-order valence-corrected chi connectivity index (χ1v) is 6.10. The molecule has 2 aromatic heterocycles. The van der Waals surface area contributed by atoms with E-state index in [1.807, 2.05) is 4.57 Å². The molecule has 0 aliphatic carbocycles. The first kappa shape index (κ1) is 12.8. The summed E-state index contributed by atoms with van der Waals surface area (Å²) in [5, 5.41) is 17.6. The Bertz CT molecular complexity index is 604. The zero-order chi connectivity index (χ0) is 14.2. The van der Waals surface area contributed by atoms with Gasteiger partial charge in [-0.3, -0.25) is 0 Å². The number of hydrogen-bond donors (Lipinski definition) is 1. The van der Waals surface area contributed by atoms with Crippen molar-refractivity contribution in [3.8, 4) is 0 Å². The van der Waals surface area contributed by atoms with E-state index in [1.165, 1.54) is 6.07 Å². The van der Waals surface area contributed by atoms with Crippen LogP contribution in [0.4, 0.5) is 19.0 Å². The summed E-state index contributed by atoms with van der Waals surface area (Å²) in [6.45, 7) is 1.23. The van der Waals surface area contributed by atoms with Gasteiger partial charge in [0.25, 0.3) is 0 Å². The Morgan fingerprint density at radius 3 is 2.70 bits per heavy atom. The monoisotopic (exact) mass is 284 g/mol. The molecule has 3 rings (SSSR count). The van der Waals surface area contributed by atoms with E-state index in [2.05, 4.69) is 25.7 Å². The van der Waals surface area contributed by atoms with E-state index < -0.39 is 11.9 Å². The molecule has 0 bridgehead atoms. The van der Waals surface area contributed by atoms with Gasteiger partial charge in [-0.25, -0.2) is 0 Å². The average Bonchev–Trinajstić information content (AvgIpc) is 2.99. The molecule has 1 N–H and O–H groups in total. The molecule has 0 aromatic carbocycles. The van der Waals surface area contributed by atoms with Crippen LogP contribution in [0.1, 0.15) is 23.8 Å². The summed E-state index contributed by atoms with van der Waals surface area (Å²) in [5.74, 6) is 1.97. The number of aryl methyl sites for hydroxylation is 1. The summed E-state index contributed by atoms with van der Waals surface area (Å²) >= 11 is 0. The molecular formula is C11H11F3N6. The van der Waals surface area contributed by atoms with Crippen molar-refractivity contribution < 1.29 is 13.2 Å². The van der Waals surface area contributed by atoms with E-state index in [4.69, 9.17) is 0 Å². The van der Waals surface area contributed by atoms with E-state index in [0.29, 0.717) is 6.54 Å². The molecule has 1 aliphatic heterocycles. The molecule has 106 valence electrons. The maximum absolute atomic E-state index is 12.3. The molecule has 3 heterocycles. The molecule has 2 aromatic rings. The lowest BCUT2D eigenvalue weighted by Crippen LogP contribution is -2.12. The van der Waals surface area contributed by atoms with Crippen molar-refractivity contribution in [3.63, 3.8) is 0 Å². The molecule has 6 nitrogen and oxygen atoms in total. The maximum Gasteiger partial charge on any atom is 0.435 e. The SMILES string of the molecule is FC(F)(F)c1ccc(NCc2nnc3n2CCC3)nn1. The summed E-state index contributed by atoms with van der Waals surface area (Å²) < 4.78 is 39.0. The van der Waals surface area contributed by atoms with Crippen LogP contribution in [-0.4, -0.2) is 25.0 Å². The lowest BCUT2D eigenvalue weighted by Gasteiger charge is -2.07. The first-order valence-electron chi connectivity index (χ1n) is 6.10. The summed E-state index contributed by atoms with van der Waals surface area (Å²) in [5.41, 5.74) is -1.01. The van der Waals surface area contributed by atoms with E-state index in [-0.39, 0.29) is 5.82 Å². The molecule has 0 atom stereocenters. The Morgan fingerprint density at radius 2 is 2.00 bits per heavy atom. The molecule has 0 spiro atoms. The third-order valence-electron chi connectivity index (χ3n) is 3.07. The fourth-order valence-corrected chi connectivity index (χ4v) is 2.09. The van der Waals surface area contributed by atoms with Crippen molar-refractivity contribution in [1.29, 1.82) is 0 Å². The van der Waals surface area contributed by atoms with Crippen molar-refractivity contribution in [1.82, 2.24) is 25.0 Å². The van der Waals surface area contributed by atoms with Gasteiger partial charge in [0.1, 0.15) is 11.6 Å². The summed E-state index contributed by atoms with van der Waals surface area (Å²) in [6.07, 6.45) is -2.52. The normalized spacial score (nSPS) is 14.3. The van der Waals surface area contributed by atoms with Crippen LogP contribution >= 0.6 is 0 Å². The van der Waals surface area contributed by atoms with E-state index in [9.17, 15) is 13.2 Å². The van der Waals surface area contributed by atoms with Crippen molar-refractivity contribution in [2.45, 2.75) is 32.1 Å². The van der Waals surface area contributed by atoms with Crippen LogP contribution in [0.3, 0.4) is 0 Å². The molecular weight excluding hydrogens is 273 g/mol. The van der Waals surface area contributed by atoms with Gasteiger partial charge in [-0.2, -0.15) is 13.2 Å². The number of nitrogens with zero attached hydrogens (tertiary/aromatic N) is 5. The lowest BCUT2D eigenvalue weighted by atomic mass is 10.4. The Labute approximate surface area is 112 Å². The first-order chi connectivity index (χ1) is 9.54. The van der Waals surface area contributed by atoms with Crippen molar-refractivity contribution in [3.05, 3.63) is 29.5 Å². The van der Waals surface area contributed by atoms with E-state index in [0.717, 1.165) is 37.1 Å². The van der Waals surface area contributed by atoms with Crippen molar-refractivity contribution in [2.24, 2.45) is 0 Å². The molecule has 0 amide bonds. The Balaban J connectivity index is 1.66. The molecule has 20 heavy (non-hydrogen) atoms. The molecule has 0 unspecified atom stereocenters. The highest BCUT2D eigenvalue weighted by Crippen LogP contribution is 2.27. The van der Waals surface area contributed by atoms with Gasteiger partial charge in [0.05, 0.1) is 6.54 Å². The Kier molecular flexibility index (Phi) is 3.03. The summed E-state index contributed by atoms with van der Waals surface area (Å²) in [7, 11) is 0. The van der Waals surface area contributed by atoms with Gasteiger partial charge in [-0.15, -0.1) is 20.4 Å². The van der Waals surface area contributed by atoms with Crippen LogP contribution in [0.25, 0.3) is 0 Å². The maximum atomic E-state index is 12.3. The van der Waals surface area contributed by atoms with Gasteiger partial charge in [0.15, 0.2) is 11.5 Å². The fraction of sp³-hybridized carbons (Fsp3) is 0.455. The van der Waals surface area contributed by atoms with E-state index >= 15 is 0 Å². The third kappa shape index (κ3) is 2.43. The number of rotatable bonds is 3. The van der Waals surface area contributed by atoms with Gasteiger partial charge in [0.2, 0.25) is 0 Å². The zero-order valence-corrected chi connectivity index (χ0v) is 10.4. The van der Waals surface area contributed by atoms with Gasteiger partial charge in [-0.05, 0) is 18.6 Å².